The summed E-state index contributed by atoms with van der Waals surface area (Å²) in [6, 6.07) is 2.10. The first-order valence-electron chi connectivity index (χ1n) is 3.73. The van der Waals surface area contributed by atoms with Gasteiger partial charge in [-0.1, -0.05) is 0 Å². The van der Waals surface area contributed by atoms with Crippen molar-refractivity contribution in [1.29, 1.82) is 0 Å². The Balaban J connectivity index is 3.61. The van der Waals surface area contributed by atoms with E-state index in [0.717, 1.165) is 6.07 Å². The molecule has 0 saturated carbocycles. The van der Waals surface area contributed by atoms with Gasteiger partial charge in [0.05, 0.1) is 6.61 Å². The lowest BCUT2D eigenvalue weighted by Crippen LogP contribution is -1.92. The quantitative estimate of drug-likeness (QED) is 0.582. The number of hydrogen-bond donors (Lipinski definition) is 3. The summed E-state index contributed by atoms with van der Waals surface area (Å²) in [4.78, 5) is 11.0. The lowest BCUT2D eigenvalue weighted by Gasteiger charge is -1.98. The predicted molar refractivity (Wildman–Crippen MR) is 46.7 cm³/mol. The highest BCUT2D eigenvalue weighted by atomic mass is 16.3. The van der Waals surface area contributed by atoms with Crippen molar-refractivity contribution in [3.05, 3.63) is 33.5 Å². The van der Waals surface area contributed by atoms with E-state index in [2.05, 4.69) is 0 Å². The Morgan fingerprint density at radius 2 is 1.85 bits per heavy atom. The van der Waals surface area contributed by atoms with Gasteiger partial charge in [0.15, 0.2) is 5.75 Å². The van der Waals surface area contributed by atoms with Gasteiger partial charge in [0.25, 0.3) is 0 Å². The molecule has 0 fully saturated rings. The second-order valence-corrected chi connectivity index (χ2v) is 2.74. The van der Waals surface area contributed by atoms with E-state index in [9.17, 15) is 9.90 Å². The normalized spacial score (nSPS) is 10.0. The van der Waals surface area contributed by atoms with Gasteiger partial charge in [-0.3, -0.25) is 4.79 Å². The van der Waals surface area contributed by atoms with Crippen molar-refractivity contribution < 1.29 is 15.3 Å². The Hall–Kier alpha value is -1.55. The molecule has 0 amide bonds. The maximum absolute atomic E-state index is 11.0. The first kappa shape index (κ1) is 9.54. The Labute approximate surface area is 74.7 Å². The van der Waals surface area contributed by atoms with E-state index in [1.807, 2.05) is 0 Å². The summed E-state index contributed by atoms with van der Waals surface area (Å²) in [5, 5.41) is 27.2. The molecule has 1 rings (SSSR count). The van der Waals surface area contributed by atoms with Gasteiger partial charge < -0.3 is 15.3 Å². The van der Waals surface area contributed by atoms with Gasteiger partial charge in [-0.05, 0) is 18.6 Å². The van der Waals surface area contributed by atoms with Crippen LogP contribution in [0, 0.1) is 6.92 Å². The highest BCUT2D eigenvalue weighted by Crippen LogP contribution is 2.19. The molecule has 0 aliphatic heterocycles. The molecule has 0 unspecified atom stereocenters. The van der Waals surface area contributed by atoms with E-state index in [1.54, 1.807) is 6.92 Å². The molecule has 4 nitrogen and oxygen atoms in total. The topological polar surface area (TPSA) is 77.8 Å². The molecule has 13 heavy (non-hydrogen) atoms. The summed E-state index contributed by atoms with van der Waals surface area (Å²) in [5.41, 5.74) is 0.0531. The summed E-state index contributed by atoms with van der Waals surface area (Å²) in [6.45, 7) is 1.22. The fourth-order valence-electron chi connectivity index (χ4n) is 1.06. The van der Waals surface area contributed by atoms with Crippen molar-refractivity contribution in [2.45, 2.75) is 13.5 Å². The van der Waals surface area contributed by atoms with Gasteiger partial charge in [-0.25, -0.2) is 0 Å². The van der Waals surface area contributed by atoms with Crippen LogP contribution < -0.4 is 5.43 Å². The molecule has 3 N–H and O–H groups in total. The average molecular weight is 182 g/mol. The molecule has 70 valence electrons. The van der Waals surface area contributed by atoms with Crippen LogP contribution in [-0.4, -0.2) is 15.3 Å². The van der Waals surface area contributed by atoms with Gasteiger partial charge >= 0.3 is 0 Å². The average Bonchev–Trinajstić information content (AvgIpc) is 2.11. The monoisotopic (exact) mass is 182 g/mol. The molecule has 0 radical (unpaired) electrons. The first-order valence-corrected chi connectivity index (χ1v) is 3.73. The molecular weight excluding hydrogens is 172 g/mol. The van der Waals surface area contributed by atoms with Crippen LogP contribution in [-0.2, 0) is 6.61 Å². The number of rotatable bonds is 1. The van der Waals surface area contributed by atoms with Crippen LogP contribution in [0.5, 0.6) is 11.5 Å². The summed E-state index contributed by atoms with van der Waals surface area (Å²) in [7, 11) is 0. The number of aryl methyl sites for hydroxylation is 1. The highest BCUT2D eigenvalue weighted by Gasteiger charge is 2.05. The second-order valence-electron chi connectivity index (χ2n) is 2.74. The van der Waals surface area contributed by atoms with E-state index in [1.165, 1.54) is 6.07 Å². The molecule has 1 aromatic carbocycles. The van der Waals surface area contributed by atoms with E-state index < -0.39 is 11.2 Å². The van der Waals surface area contributed by atoms with E-state index in [4.69, 9.17) is 10.2 Å². The standard InChI is InChI=1S/C9H10O4/c1-5-2-8(12)9(13)3-7(11)6(5)4-10/h2-3,10-11H,4H2,1H3,(H,12,13). The number of aliphatic hydroxyl groups excluding tert-OH is 1. The van der Waals surface area contributed by atoms with Crippen LogP contribution in [0.25, 0.3) is 0 Å². The van der Waals surface area contributed by atoms with Crippen molar-refractivity contribution in [2.24, 2.45) is 0 Å². The van der Waals surface area contributed by atoms with Crippen LogP contribution in [0.2, 0.25) is 0 Å². The Kier molecular flexibility index (Phi) is 2.53. The van der Waals surface area contributed by atoms with Crippen molar-refractivity contribution >= 4 is 0 Å². The van der Waals surface area contributed by atoms with Crippen LogP contribution >= 0.6 is 0 Å². The molecule has 4 heteroatoms. The SMILES string of the molecule is Cc1cc(O)c(=O)cc(O)c1CO. The smallest absolute Gasteiger partial charge is 0.223 e. The fourth-order valence-corrected chi connectivity index (χ4v) is 1.06. The van der Waals surface area contributed by atoms with Crippen LogP contribution in [0.1, 0.15) is 11.1 Å². The van der Waals surface area contributed by atoms with Crippen LogP contribution in [0.15, 0.2) is 16.9 Å². The molecule has 0 spiro atoms. The van der Waals surface area contributed by atoms with Gasteiger partial charge in [-0.15, -0.1) is 0 Å². The largest absolute Gasteiger partial charge is 0.507 e. The Morgan fingerprint density at radius 3 is 2.38 bits per heavy atom. The van der Waals surface area contributed by atoms with Crippen molar-refractivity contribution in [1.82, 2.24) is 0 Å². The Morgan fingerprint density at radius 1 is 1.23 bits per heavy atom. The molecule has 0 aromatic heterocycles. The third-order valence-electron chi connectivity index (χ3n) is 1.82. The minimum Gasteiger partial charge on any atom is -0.507 e. The summed E-state index contributed by atoms with van der Waals surface area (Å²) >= 11 is 0. The van der Waals surface area contributed by atoms with Crippen LogP contribution in [0.4, 0.5) is 0 Å². The van der Waals surface area contributed by atoms with Gasteiger partial charge in [-0.2, -0.15) is 0 Å². The van der Waals surface area contributed by atoms with Gasteiger partial charge in [0.2, 0.25) is 5.43 Å². The molecule has 0 aliphatic carbocycles. The molecular formula is C9H10O4. The summed E-state index contributed by atoms with van der Waals surface area (Å²) < 4.78 is 0. The summed E-state index contributed by atoms with van der Waals surface area (Å²) in [6.07, 6.45) is 0. The summed E-state index contributed by atoms with van der Waals surface area (Å²) in [5.74, 6) is -0.738. The highest BCUT2D eigenvalue weighted by molar-refractivity contribution is 5.40. The first-order chi connectivity index (χ1) is 6.06. The second kappa shape index (κ2) is 3.45. The van der Waals surface area contributed by atoms with Gasteiger partial charge in [0.1, 0.15) is 5.75 Å². The lowest BCUT2D eigenvalue weighted by molar-refractivity contribution is 0.275. The maximum atomic E-state index is 11.0. The minimum atomic E-state index is -0.666. The molecule has 0 bridgehead atoms. The number of aliphatic hydroxyl groups is 1. The molecule has 0 aliphatic rings. The minimum absolute atomic E-state index is 0.248. The zero-order valence-electron chi connectivity index (χ0n) is 7.11. The third kappa shape index (κ3) is 1.78. The molecule has 0 atom stereocenters. The molecule has 0 heterocycles. The van der Waals surface area contributed by atoms with Crippen molar-refractivity contribution in [3.8, 4) is 11.5 Å². The number of aromatic hydroxyl groups is 2. The number of hydrogen-bond acceptors (Lipinski definition) is 4. The van der Waals surface area contributed by atoms with Crippen LogP contribution in [0.3, 0.4) is 0 Å². The maximum Gasteiger partial charge on any atom is 0.223 e. The van der Waals surface area contributed by atoms with E-state index in [-0.39, 0.29) is 17.9 Å². The fraction of sp³-hybridized carbons (Fsp3) is 0.222. The van der Waals surface area contributed by atoms with Crippen molar-refractivity contribution in [2.75, 3.05) is 0 Å². The predicted octanol–water partition coefficient (Wildman–Crippen LogP) is 0.259. The Bertz CT molecular complexity index is 384. The van der Waals surface area contributed by atoms with E-state index in [0.29, 0.717) is 5.56 Å². The zero-order valence-corrected chi connectivity index (χ0v) is 7.11. The zero-order chi connectivity index (χ0) is 10.0. The van der Waals surface area contributed by atoms with Crippen molar-refractivity contribution in [3.63, 3.8) is 0 Å². The molecule has 1 aromatic rings. The third-order valence-corrected chi connectivity index (χ3v) is 1.82. The lowest BCUT2D eigenvalue weighted by atomic mass is 10.2. The van der Waals surface area contributed by atoms with Gasteiger partial charge in [0, 0.05) is 11.6 Å². The molecule has 0 saturated heterocycles. The van der Waals surface area contributed by atoms with E-state index >= 15 is 0 Å².